The lowest BCUT2D eigenvalue weighted by Gasteiger charge is -2.43. The Kier molecular flexibility index (Phi) is 4.87. The molecule has 2 aliphatic heterocycles. The van der Waals surface area contributed by atoms with Gasteiger partial charge < -0.3 is 14.8 Å². The normalized spacial score (nSPS) is 21.2. The number of alkyl halides is 3. The zero-order valence-electron chi connectivity index (χ0n) is 14.7. The van der Waals surface area contributed by atoms with E-state index in [0.717, 1.165) is 24.2 Å². The van der Waals surface area contributed by atoms with Crippen LogP contribution >= 0.6 is 23.8 Å². The van der Waals surface area contributed by atoms with Crippen LogP contribution in [0.2, 0.25) is 5.02 Å². The van der Waals surface area contributed by atoms with Crippen molar-refractivity contribution in [1.82, 2.24) is 9.47 Å². The van der Waals surface area contributed by atoms with Crippen molar-refractivity contribution in [2.45, 2.75) is 25.1 Å². The number of likely N-dealkylation sites (tertiary alicyclic amines) is 1. The van der Waals surface area contributed by atoms with Gasteiger partial charge in [0.15, 0.2) is 5.11 Å². The van der Waals surface area contributed by atoms with E-state index in [4.69, 9.17) is 23.8 Å². The van der Waals surface area contributed by atoms with Crippen molar-refractivity contribution >= 4 is 34.6 Å². The summed E-state index contributed by atoms with van der Waals surface area (Å²) in [6.07, 6.45) is -3.49. The second-order valence-electron chi connectivity index (χ2n) is 7.23. The SMILES string of the molecule is O=c1cccc2n1C[C@@H]1C[C@@H]2CN(C(=S)Nc2cc(C(F)(F)F)ccc2Cl)C1. The van der Waals surface area contributed by atoms with Gasteiger partial charge in [-0.15, -0.1) is 0 Å². The van der Waals surface area contributed by atoms with Gasteiger partial charge in [0.1, 0.15) is 0 Å². The maximum Gasteiger partial charge on any atom is 0.416 e. The Labute approximate surface area is 169 Å². The van der Waals surface area contributed by atoms with Crippen LogP contribution in [-0.2, 0) is 12.7 Å². The van der Waals surface area contributed by atoms with Crippen molar-refractivity contribution in [2.24, 2.45) is 5.92 Å². The summed E-state index contributed by atoms with van der Waals surface area (Å²) in [5, 5.41) is 3.38. The summed E-state index contributed by atoms with van der Waals surface area (Å²) in [6.45, 7) is 1.86. The molecule has 0 aliphatic carbocycles. The molecule has 9 heteroatoms. The molecule has 1 saturated heterocycles. The molecule has 0 spiro atoms. The van der Waals surface area contributed by atoms with Crippen molar-refractivity contribution in [3.05, 3.63) is 63.0 Å². The number of piperidine rings is 1. The molecule has 0 unspecified atom stereocenters. The topological polar surface area (TPSA) is 37.3 Å². The largest absolute Gasteiger partial charge is 0.416 e. The second kappa shape index (κ2) is 7.08. The number of anilines is 1. The first-order valence-corrected chi connectivity index (χ1v) is 9.63. The molecule has 0 amide bonds. The predicted octanol–water partition coefficient (Wildman–Crippen LogP) is 4.34. The van der Waals surface area contributed by atoms with Gasteiger partial charge in [-0.3, -0.25) is 4.79 Å². The van der Waals surface area contributed by atoms with Crippen molar-refractivity contribution in [3.8, 4) is 0 Å². The highest BCUT2D eigenvalue weighted by atomic mass is 35.5. The lowest BCUT2D eigenvalue weighted by molar-refractivity contribution is -0.137. The van der Waals surface area contributed by atoms with Crippen molar-refractivity contribution in [1.29, 1.82) is 0 Å². The van der Waals surface area contributed by atoms with Gasteiger partial charge in [0.2, 0.25) is 0 Å². The van der Waals surface area contributed by atoms with E-state index in [9.17, 15) is 18.0 Å². The fourth-order valence-electron chi connectivity index (χ4n) is 4.05. The van der Waals surface area contributed by atoms with E-state index >= 15 is 0 Å². The fraction of sp³-hybridized carbons (Fsp3) is 0.368. The summed E-state index contributed by atoms with van der Waals surface area (Å²) < 4.78 is 40.8. The number of benzene rings is 1. The minimum Gasteiger partial charge on any atom is -0.348 e. The van der Waals surface area contributed by atoms with Gasteiger partial charge in [-0.25, -0.2) is 0 Å². The third-order valence-corrected chi connectivity index (χ3v) is 5.99. The smallest absolute Gasteiger partial charge is 0.348 e. The molecule has 2 bridgehead atoms. The van der Waals surface area contributed by atoms with Crippen molar-refractivity contribution in [2.75, 3.05) is 18.4 Å². The first-order valence-electron chi connectivity index (χ1n) is 8.85. The Morgan fingerprint density at radius 1 is 1.18 bits per heavy atom. The van der Waals surface area contributed by atoms with Crippen LogP contribution in [0.5, 0.6) is 0 Å². The number of thiocarbonyl (C=S) groups is 1. The second-order valence-corrected chi connectivity index (χ2v) is 8.02. The minimum atomic E-state index is -4.46. The Morgan fingerprint density at radius 3 is 2.71 bits per heavy atom. The molecule has 2 aromatic rings. The molecular weight excluding hydrogens is 411 g/mol. The van der Waals surface area contributed by atoms with E-state index in [2.05, 4.69) is 5.32 Å². The summed E-state index contributed by atoms with van der Waals surface area (Å²) >= 11 is 11.5. The van der Waals surface area contributed by atoms with Gasteiger partial charge in [-0.2, -0.15) is 13.2 Å². The van der Waals surface area contributed by atoms with Gasteiger partial charge in [-0.05, 0) is 48.8 Å². The molecule has 3 heterocycles. The van der Waals surface area contributed by atoms with E-state index in [1.807, 2.05) is 15.5 Å². The molecule has 1 aromatic carbocycles. The van der Waals surface area contributed by atoms with E-state index in [-0.39, 0.29) is 28.1 Å². The number of pyridine rings is 1. The highest BCUT2D eigenvalue weighted by Crippen LogP contribution is 2.36. The molecule has 2 atom stereocenters. The molecule has 2 aliphatic rings. The number of halogens is 4. The molecule has 4 rings (SSSR count). The number of nitrogens with one attached hydrogen (secondary N) is 1. The third kappa shape index (κ3) is 3.63. The molecule has 1 N–H and O–H groups in total. The van der Waals surface area contributed by atoms with Crippen LogP contribution < -0.4 is 10.9 Å². The summed E-state index contributed by atoms with van der Waals surface area (Å²) in [5.74, 6) is 0.404. The highest BCUT2D eigenvalue weighted by molar-refractivity contribution is 7.80. The molecule has 28 heavy (non-hydrogen) atoms. The van der Waals surface area contributed by atoms with Crippen LogP contribution in [0, 0.1) is 5.92 Å². The maximum absolute atomic E-state index is 13.0. The van der Waals surface area contributed by atoms with Crippen molar-refractivity contribution < 1.29 is 13.2 Å². The standard InChI is InChI=1S/C19H17ClF3N3OS/c20-14-5-4-13(19(21,22)23)7-15(14)24-18(28)25-8-11-6-12(10-25)16-2-1-3-17(27)26(16)9-11/h1-5,7,11-12H,6,8-10H2,(H,24,28)/t11-,12-/m1/s1. The number of hydrogen-bond donors (Lipinski definition) is 1. The molecule has 1 fully saturated rings. The van der Waals surface area contributed by atoms with Gasteiger partial charge in [0.05, 0.1) is 16.3 Å². The Hall–Kier alpha value is -2.06. The molecule has 4 nitrogen and oxygen atoms in total. The molecular formula is C19H17ClF3N3OS. The van der Waals surface area contributed by atoms with E-state index in [1.54, 1.807) is 12.1 Å². The average molecular weight is 428 g/mol. The maximum atomic E-state index is 13.0. The van der Waals surface area contributed by atoms with Gasteiger partial charge >= 0.3 is 6.18 Å². The van der Waals surface area contributed by atoms with Crippen LogP contribution in [0.15, 0.2) is 41.2 Å². The average Bonchev–Trinajstić information content (AvgIpc) is 2.63. The quantitative estimate of drug-likeness (QED) is 0.687. The Bertz CT molecular complexity index is 991. The number of hydrogen-bond acceptors (Lipinski definition) is 2. The van der Waals surface area contributed by atoms with Crippen molar-refractivity contribution in [3.63, 3.8) is 0 Å². The number of aromatic nitrogens is 1. The van der Waals surface area contributed by atoms with Crippen LogP contribution in [0.25, 0.3) is 0 Å². The number of rotatable bonds is 1. The first-order chi connectivity index (χ1) is 13.2. The van der Waals surface area contributed by atoms with Crippen LogP contribution in [0.1, 0.15) is 23.6 Å². The zero-order valence-corrected chi connectivity index (χ0v) is 16.2. The Morgan fingerprint density at radius 2 is 1.96 bits per heavy atom. The van der Waals surface area contributed by atoms with Gasteiger partial charge in [0, 0.05) is 37.3 Å². The summed E-state index contributed by atoms with van der Waals surface area (Å²) in [7, 11) is 0. The predicted molar refractivity (Wildman–Crippen MR) is 106 cm³/mol. The first kappa shape index (κ1) is 19.3. The van der Waals surface area contributed by atoms with E-state index in [0.29, 0.717) is 24.7 Å². The van der Waals surface area contributed by atoms with Gasteiger partial charge in [0.25, 0.3) is 5.56 Å². The van der Waals surface area contributed by atoms with Crippen LogP contribution in [0.4, 0.5) is 18.9 Å². The molecule has 1 aromatic heterocycles. The van der Waals surface area contributed by atoms with E-state index < -0.39 is 11.7 Å². The molecule has 0 saturated carbocycles. The summed E-state index contributed by atoms with van der Waals surface area (Å²) in [6, 6.07) is 8.39. The Balaban J connectivity index is 1.54. The van der Waals surface area contributed by atoms with E-state index in [1.165, 1.54) is 6.07 Å². The number of nitrogens with zero attached hydrogens (tertiary/aromatic N) is 2. The fourth-order valence-corrected chi connectivity index (χ4v) is 4.48. The highest BCUT2D eigenvalue weighted by Gasteiger charge is 2.36. The van der Waals surface area contributed by atoms with Gasteiger partial charge in [-0.1, -0.05) is 17.7 Å². The zero-order chi connectivity index (χ0) is 20.1. The monoisotopic (exact) mass is 427 g/mol. The lowest BCUT2D eigenvalue weighted by Crippen LogP contribution is -2.50. The van der Waals surface area contributed by atoms with Crippen LogP contribution in [-0.4, -0.2) is 27.7 Å². The lowest BCUT2D eigenvalue weighted by atomic mass is 9.83. The number of fused-ring (bicyclic) bond motifs is 4. The molecule has 0 radical (unpaired) electrons. The third-order valence-electron chi connectivity index (χ3n) is 5.30. The summed E-state index contributed by atoms with van der Waals surface area (Å²) in [5.41, 5.74) is 0.324. The minimum absolute atomic E-state index is 0.00269. The summed E-state index contributed by atoms with van der Waals surface area (Å²) in [4.78, 5) is 14.1. The molecule has 148 valence electrons. The van der Waals surface area contributed by atoms with Crippen LogP contribution in [0.3, 0.4) is 0 Å².